The molecule has 174 valence electrons. The van der Waals surface area contributed by atoms with Crippen molar-refractivity contribution in [2.45, 2.75) is 6.18 Å². The van der Waals surface area contributed by atoms with E-state index in [-0.39, 0.29) is 28.5 Å². The first kappa shape index (κ1) is 22.0. The predicted molar refractivity (Wildman–Crippen MR) is 118 cm³/mol. The van der Waals surface area contributed by atoms with Gasteiger partial charge in [-0.05, 0) is 30.3 Å². The van der Waals surface area contributed by atoms with Crippen molar-refractivity contribution >= 4 is 23.2 Å². The molecule has 0 spiro atoms. The Morgan fingerprint density at radius 3 is 2.37 bits per heavy atom. The van der Waals surface area contributed by atoms with Crippen molar-refractivity contribution in [3.63, 3.8) is 0 Å². The normalized spacial score (nSPS) is 11.5. The molecule has 0 radical (unpaired) electrons. The van der Waals surface area contributed by atoms with E-state index >= 15 is 0 Å². The standard InChI is InChI=1S/C24H14F3N5O3/c25-24(26,27)19-13-17(18-11-6-12-35-18)29-23-30-21(31-32(19)23)22(34)28-16-10-5-4-9-15(16)20(33)14-7-2-1-3-8-14/h1-13H,(H,28,34). The maximum atomic E-state index is 13.7. The number of carbonyl (C=O) groups is 2. The van der Waals surface area contributed by atoms with Gasteiger partial charge in [0.25, 0.3) is 11.7 Å². The first-order valence-corrected chi connectivity index (χ1v) is 10.2. The van der Waals surface area contributed by atoms with Crippen LogP contribution in [0.1, 0.15) is 32.2 Å². The summed E-state index contributed by atoms with van der Waals surface area (Å²) in [4.78, 5) is 33.7. The van der Waals surface area contributed by atoms with Gasteiger partial charge < -0.3 is 9.73 Å². The van der Waals surface area contributed by atoms with E-state index in [1.165, 1.54) is 30.5 Å². The van der Waals surface area contributed by atoms with E-state index in [1.807, 2.05) is 0 Å². The number of rotatable bonds is 5. The van der Waals surface area contributed by atoms with Crippen LogP contribution in [-0.4, -0.2) is 31.3 Å². The van der Waals surface area contributed by atoms with Gasteiger partial charge in [0.2, 0.25) is 5.82 Å². The van der Waals surface area contributed by atoms with Gasteiger partial charge in [-0.25, -0.2) is 4.98 Å². The summed E-state index contributed by atoms with van der Waals surface area (Å²) in [6.07, 6.45) is -3.51. The summed E-state index contributed by atoms with van der Waals surface area (Å²) < 4.78 is 46.7. The van der Waals surface area contributed by atoms with E-state index < -0.39 is 29.4 Å². The van der Waals surface area contributed by atoms with Crippen molar-refractivity contribution in [3.05, 3.63) is 102 Å². The largest absolute Gasteiger partial charge is 0.463 e. The number of hydrogen-bond donors (Lipinski definition) is 1. The third-order valence-corrected chi connectivity index (χ3v) is 5.04. The molecule has 1 N–H and O–H groups in total. The molecule has 0 bridgehead atoms. The minimum atomic E-state index is -4.81. The summed E-state index contributed by atoms with van der Waals surface area (Å²) in [5, 5.41) is 6.24. The molecule has 0 aliphatic carbocycles. The molecule has 3 heterocycles. The molecular formula is C24H14F3N5O3. The number of fused-ring (bicyclic) bond motifs is 1. The molecule has 0 aliphatic rings. The van der Waals surface area contributed by atoms with E-state index in [0.717, 1.165) is 6.07 Å². The lowest BCUT2D eigenvalue weighted by Crippen LogP contribution is -2.17. The number of nitrogens with zero attached hydrogens (tertiary/aromatic N) is 4. The van der Waals surface area contributed by atoms with Gasteiger partial charge in [-0.1, -0.05) is 42.5 Å². The number of anilines is 1. The van der Waals surface area contributed by atoms with Gasteiger partial charge >= 0.3 is 6.18 Å². The average molecular weight is 477 g/mol. The Morgan fingerprint density at radius 1 is 0.914 bits per heavy atom. The van der Waals surface area contributed by atoms with Gasteiger partial charge in [0, 0.05) is 11.1 Å². The van der Waals surface area contributed by atoms with Crippen LogP contribution in [0.2, 0.25) is 0 Å². The second-order valence-electron chi connectivity index (χ2n) is 7.34. The van der Waals surface area contributed by atoms with Crippen LogP contribution < -0.4 is 5.32 Å². The van der Waals surface area contributed by atoms with Gasteiger partial charge in [-0.2, -0.15) is 22.7 Å². The molecule has 11 heteroatoms. The van der Waals surface area contributed by atoms with Crippen LogP contribution in [0.15, 0.2) is 83.5 Å². The topological polar surface area (TPSA) is 102 Å². The van der Waals surface area contributed by atoms with Gasteiger partial charge in [0.1, 0.15) is 5.69 Å². The second-order valence-corrected chi connectivity index (χ2v) is 7.34. The number of benzene rings is 2. The van der Waals surface area contributed by atoms with E-state index in [9.17, 15) is 22.8 Å². The van der Waals surface area contributed by atoms with Crippen LogP contribution >= 0.6 is 0 Å². The highest BCUT2D eigenvalue weighted by Gasteiger charge is 2.36. The fourth-order valence-corrected chi connectivity index (χ4v) is 3.43. The molecule has 3 aromatic heterocycles. The molecule has 2 aromatic carbocycles. The minimum absolute atomic E-state index is 0.0975. The Labute approximate surface area is 195 Å². The number of para-hydroxylation sites is 1. The molecule has 0 saturated carbocycles. The highest BCUT2D eigenvalue weighted by molar-refractivity contribution is 6.14. The molecule has 0 unspecified atom stereocenters. The number of hydrogen-bond acceptors (Lipinski definition) is 6. The second kappa shape index (κ2) is 8.52. The number of aromatic nitrogens is 4. The van der Waals surface area contributed by atoms with Crippen molar-refractivity contribution in [3.8, 4) is 11.5 Å². The van der Waals surface area contributed by atoms with Crippen LogP contribution in [0, 0.1) is 0 Å². The highest BCUT2D eigenvalue weighted by Crippen LogP contribution is 2.32. The number of nitrogens with one attached hydrogen (secondary N) is 1. The van der Waals surface area contributed by atoms with Crippen molar-refractivity contribution in [2.24, 2.45) is 0 Å². The first-order valence-electron chi connectivity index (χ1n) is 10.2. The van der Waals surface area contributed by atoms with Crippen molar-refractivity contribution in [2.75, 3.05) is 5.32 Å². The number of amides is 1. The third-order valence-electron chi connectivity index (χ3n) is 5.04. The first-order chi connectivity index (χ1) is 16.8. The average Bonchev–Trinajstić information content (AvgIpc) is 3.53. The summed E-state index contributed by atoms with van der Waals surface area (Å²) in [6.45, 7) is 0. The Morgan fingerprint density at radius 2 is 1.66 bits per heavy atom. The lowest BCUT2D eigenvalue weighted by Gasteiger charge is -2.09. The number of carbonyl (C=O) groups excluding carboxylic acids is 2. The lowest BCUT2D eigenvalue weighted by molar-refractivity contribution is -0.142. The Kier molecular flexibility index (Phi) is 5.36. The number of ketones is 1. The monoisotopic (exact) mass is 477 g/mol. The van der Waals surface area contributed by atoms with Gasteiger partial charge in [0.05, 0.1) is 12.0 Å². The summed E-state index contributed by atoms with van der Waals surface area (Å²) in [5.41, 5.74) is -0.534. The van der Waals surface area contributed by atoms with Crippen LogP contribution in [0.3, 0.4) is 0 Å². The maximum absolute atomic E-state index is 13.7. The molecule has 8 nitrogen and oxygen atoms in total. The minimum Gasteiger partial charge on any atom is -0.463 e. The van der Waals surface area contributed by atoms with E-state index in [1.54, 1.807) is 42.5 Å². The third kappa shape index (κ3) is 4.26. The van der Waals surface area contributed by atoms with Crippen LogP contribution in [0.5, 0.6) is 0 Å². The Bertz CT molecular complexity index is 1540. The molecule has 0 fully saturated rings. The molecule has 5 rings (SSSR count). The number of alkyl halides is 3. The summed E-state index contributed by atoms with van der Waals surface area (Å²) >= 11 is 0. The smallest absolute Gasteiger partial charge is 0.433 e. The zero-order valence-electron chi connectivity index (χ0n) is 17.7. The van der Waals surface area contributed by atoms with E-state index in [0.29, 0.717) is 10.1 Å². The van der Waals surface area contributed by atoms with Gasteiger partial charge in [-0.3, -0.25) is 9.59 Å². The molecule has 0 saturated heterocycles. The Balaban J connectivity index is 1.52. The SMILES string of the molecule is O=C(Nc1ccccc1C(=O)c1ccccc1)c1nc2nc(-c3ccco3)cc(C(F)(F)F)n2n1. The zero-order valence-corrected chi connectivity index (χ0v) is 17.7. The number of halogens is 3. The molecule has 0 aliphatic heterocycles. The Hall–Kier alpha value is -4.80. The predicted octanol–water partition coefficient (Wildman–Crippen LogP) is 4.89. The van der Waals surface area contributed by atoms with Crippen LogP contribution in [-0.2, 0) is 6.18 Å². The van der Waals surface area contributed by atoms with Crippen LogP contribution in [0.4, 0.5) is 18.9 Å². The van der Waals surface area contributed by atoms with Crippen LogP contribution in [0.25, 0.3) is 17.2 Å². The summed E-state index contributed by atoms with van der Waals surface area (Å²) in [6, 6.07) is 18.4. The quantitative estimate of drug-likeness (QED) is 0.362. The van der Waals surface area contributed by atoms with E-state index in [2.05, 4.69) is 20.4 Å². The molecule has 1 amide bonds. The molecule has 5 aromatic rings. The molecule has 0 atom stereocenters. The van der Waals surface area contributed by atoms with Gasteiger partial charge in [-0.15, -0.1) is 5.10 Å². The highest BCUT2D eigenvalue weighted by atomic mass is 19.4. The molecular weight excluding hydrogens is 463 g/mol. The van der Waals surface area contributed by atoms with Crippen molar-refractivity contribution in [1.29, 1.82) is 0 Å². The maximum Gasteiger partial charge on any atom is 0.433 e. The fraction of sp³-hybridized carbons (Fsp3) is 0.0417. The molecule has 35 heavy (non-hydrogen) atoms. The summed E-state index contributed by atoms with van der Waals surface area (Å²) in [7, 11) is 0. The fourth-order valence-electron chi connectivity index (χ4n) is 3.43. The summed E-state index contributed by atoms with van der Waals surface area (Å²) in [5.74, 6) is -2.14. The van der Waals surface area contributed by atoms with Gasteiger partial charge in [0.15, 0.2) is 17.2 Å². The van der Waals surface area contributed by atoms with E-state index in [4.69, 9.17) is 4.42 Å². The van der Waals surface area contributed by atoms with Crippen molar-refractivity contribution < 1.29 is 27.2 Å². The zero-order chi connectivity index (χ0) is 24.6. The van der Waals surface area contributed by atoms with Crippen molar-refractivity contribution in [1.82, 2.24) is 19.6 Å². The number of furan rings is 1. The lowest BCUT2D eigenvalue weighted by atomic mass is 10.0.